The molecule has 1 aliphatic carbocycles. The molecule has 0 amide bonds. The molecule has 1 fully saturated rings. The zero-order valence-corrected chi connectivity index (χ0v) is 10.3. The number of nitrogens with zero attached hydrogens (tertiary/aromatic N) is 2. The first-order valence-corrected chi connectivity index (χ1v) is 6.44. The summed E-state index contributed by atoms with van der Waals surface area (Å²) in [5.41, 5.74) is 0.616. The van der Waals surface area contributed by atoms with Crippen molar-refractivity contribution in [3.8, 4) is 6.07 Å². The zero-order chi connectivity index (χ0) is 12.1. The van der Waals surface area contributed by atoms with Gasteiger partial charge in [-0.2, -0.15) is 5.26 Å². The molecule has 1 saturated carbocycles. The van der Waals surface area contributed by atoms with Crippen molar-refractivity contribution in [2.45, 2.75) is 45.1 Å². The van der Waals surface area contributed by atoms with Gasteiger partial charge in [-0.15, -0.1) is 0 Å². The summed E-state index contributed by atoms with van der Waals surface area (Å²) in [7, 11) is 0. The molecule has 2 rings (SSSR count). The second-order valence-electron chi connectivity index (χ2n) is 4.83. The minimum Gasteiger partial charge on any atom is -0.367 e. The standard InChI is InChI=1S/C14H19N3/c1-2-11-4-3-5-13(8-11)17-14-7-6-12(9-15)10-16-14/h6-7,10-11,13H,2-5,8H2,1H3,(H,16,17). The van der Waals surface area contributed by atoms with Crippen LogP contribution in [0.3, 0.4) is 0 Å². The van der Waals surface area contributed by atoms with Crippen LogP contribution in [0.5, 0.6) is 0 Å². The monoisotopic (exact) mass is 229 g/mol. The number of nitrogens with one attached hydrogen (secondary N) is 1. The van der Waals surface area contributed by atoms with Crippen molar-refractivity contribution in [1.29, 1.82) is 5.26 Å². The lowest BCUT2D eigenvalue weighted by atomic mass is 9.84. The largest absolute Gasteiger partial charge is 0.367 e. The van der Waals surface area contributed by atoms with Crippen molar-refractivity contribution in [2.24, 2.45) is 5.92 Å². The molecule has 2 unspecified atom stereocenters. The lowest BCUT2D eigenvalue weighted by Gasteiger charge is -2.29. The Kier molecular flexibility index (Phi) is 3.98. The zero-order valence-electron chi connectivity index (χ0n) is 10.3. The van der Waals surface area contributed by atoms with Gasteiger partial charge in [0.2, 0.25) is 0 Å². The maximum Gasteiger partial charge on any atom is 0.126 e. The van der Waals surface area contributed by atoms with Gasteiger partial charge in [-0.3, -0.25) is 0 Å². The topological polar surface area (TPSA) is 48.7 Å². The fourth-order valence-electron chi connectivity index (χ4n) is 2.55. The first-order chi connectivity index (χ1) is 8.31. The van der Waals surface area contributed by atoms with Crippen LogP contribution in [0, 0.1) is 17.2 Å². The summed E-state index contributed by atoms with van der Waals surface area (Å²) < 4.78 is 0. The second-order valence-corrected chi connectivity index (χ2v) is 4.83. The second kappa shape index (κ2) is 5.67. The molecule has 1 aromatic rings. The molecule has 0 aromatic carbocycles. The molecule has 0 saturated heterocycles. The molecule has 0 bridgehead atoms. The maximum absolute atomic E-state index is 8.71. The molecule has 0 aliphatic heterocycles. The van der Waals surface area contributed by atoms with Crippen LogP contribution < -0.4 is 5.32 Å². The van der Waals surface area contributed by atoms with Gasteiger partial charge < -0.3 is 5.32 Å². The summed E-state index contributed by atoms with van der Waals surface area (Å²) in [6, 6.07) is 6.35. The first-order valence-electron chi connectivity index (χ1n) is 6.44. The number of pyridine rings is 1. The molecule has 17 heavy (non-hydrogen) atoms. The van der Waals surface area contributed by atoms with Crippen molar-refractivity contribution >= 4 is 5.82 Å². The average Bonchev–Trinajstić information content (AvgIpc) is 2.40. The molecule has 1 aliphatic rings. The van der Waals surface area contributed by atoms with Crippen molar-refractivity contribution in [3.05, 3.63) is 23.9 Å². The quantitative estimate of drug-likeness (QED) is 0.864. The van der Waals surface area contributed by atoms with Crippen LogP contribution in [-0.4, -0.2) is 11.0 Å². The Labute approximate surface area is 103 Å². The van der Waals surface area contributed by atoms with E-state index in [2.05, 4.69) is 23.3 Å². The molecule has 3 nitrogen and oxygen atoms in total. The van der Waals surface area contributed by atoms with Gasteiger partial charge in [-0.1, -0.05) is 26.2 Å². The van der Waals surface area contributed by atoms with Gasteiger partial charge in [0.05, 0.1) is 5.56 Å². The van der Waals surface area contributed by atoms with Crippen LogP contribution in [0.4, 0.5) is 5.82 Å². The highest BCUT2D eigenvalue weighted by Gasteiger charge is 2.20. The van der Waals surface area contributed by atoms with Gasteiger partial charge in [0.1, 0.15) is 11.9 Å². The van der Waals surface area contributed by atoms with Gasteiger partial charge in [0.25, 0.3) is 0 Å². The molecule has 1 heterocycles. The van der Waals surface area contributed by atoms with Crippen molar-refractivity contribution in [1.82, 2.24) is 4.98 Å². The third kappa shape index (κ3) is 3.20. The minimum atomic E-state index is 0.550. The summed E-state index contributed by atoms with van der Waals surface area (Å²) in [5.74, 6) is 1.75. The first kappa shape index (κ1) is 11.9. The van der Waals surface area contributed by atoms with E-state index in [0.717, 1.165) is 11.7 Å². The van der Waals surface area contributed by atoms with Gasteiger partial charge >= 0.3 is 0 Å². The Bertz CT molecular complexity index is 391. The van der Waals surface area contributed by atoms with Crippen LogP contribution in [0.1, 0.15) is 44.6 Å². The Morgan fingerprint density at radius 3 is 3.00 bits per heavy atom. The highest BCUT2D eigenvalue weighted by atomic mass is 15.0. The van der Waals surface area contributed by atoms with E-state index in [0.29, 0.717) is 11.6 Å². The average molecular weight is 229 g/mol. The fraction of sp³-hybridized carbons (Fsp3) is 0.571. The summed E-state index contributed by atoms with van der Waals surface area (Å²) >= 11 is 0. The van der Waals surface area contributed by atoms with E-state index in [1.807, 2.05) is 12.1 Å². The maximum atomic E-state index is 8.71. The highest BCUT2D eigenvalue weighted by molar-refractivity contribution is 5.39. The molecule has 1 aromatic heterocycles. The Balaban J connectivity index is 1.93. The predicted octanol–water partition coefficient (Wildman–Crippen LogP) is 3.33. The normalized spacial score (nSPS) is 24.0. The van der Waals surface area contributed by atoms with E-state index in [1.54, 1.807) is 6.20 Å². The smallest absolute Gasteiger partial charge is 0.126 e. The molecular weight excluding hydrogens is 210 g/mol. The number of anilines is 1. The van der Waals surface area contributed by atoms with Gasteiger partial charge in [0.15, 0.2) is 0 Å². The minimum absolute atomic E-state index is 0.550. The van der Waals surface area contributed by atoms with Crippen LogP contribution >= 0.6 is 0 Å². The fourth-order valence-corrected chi connectivity index (χ4v) is 2.55. The van der Waals surface area contributed by atoms with Gasteiger partial charge in [0, 0.05) is 12.2 Å². The van der Waals surface area contributed by atoms with E-state index in [9.17, 15) is 0 Å². The van der Waals surface area contributed by atoms with E-state index < -0.39 is 0 Å². The Morgan fingerprint density at radius 1 is 1.47 bits per heavy atom. The summed E-state index contributed by atoms with van der Waals surface area (Å²) in [6.07, 6.45) is 8.07. The van der Waals surface area contributed by atoms with Crippen LogP contribution in [0.25, 0.3) is 0 Å². The predicted molar refractivity (Wildman–Crippen MR) is 68.6 cm³/mol. The SMILES string of the molecule is CCC1CCCC(Nc2ccc(C#N)cn2)C1. The highest BCUT2D eigenvalue weighted by Crippen LogP contribution is 2.28. The van der Waals surface area contributed by atoms with Crippen molar-refractivity contribution < 1.29 is 0 Å². The Morgan fingerprint density at radius 2 is 2.35 bits per heavy atom. The number of hydrogen-bond donors (Lipinski definition) is 1. The molecule has 2 atom stereocenters. The number of nitriles is 1. The molecule has 0 spiro atoms. The molecule has 1 N–H and O–H groups in total. The van der Waals surface area contributed by atoms with Gasteiger partial charge in [-0.25, -0.2) is 4.98 Å². The number of rotatable bonds is 3. The summed E-state index contributed by atoms with van der Waals surface area (Å²) in [4.78, 5) is 4.26. The summed E-state index contributed by atoms with van der Waals surface area (Å²) in [6.45, 7) is 2.27. The van der Waals surface area contributed by atoms with Crippen LogP contribution in [-0.2, 0) is 0 Å². The van der Waals surface area contributed by atoms with Crippen LogP contribution in [0.15, 0.2) is 18.3 Å². The van der Waals surface area contributed by atoms with E-state index >= 15 is 0 Å². The van der Waals surface area contributed by atoms with E-state index in [4.69, 9.17) is 5.26 Å². The molecule has 3 heteroatoms. The lowest BCUT2D eigenvalue weighted by molar-refractivity contribution is 0.327. The van der Waals surface area contributed by atoms with Crippen molar-refractivity contribution in [3.63, 3.8) is 0 Å². The number of aromatic nitrogens is 1. The van der Waals surface area contributed by atoms with Crippen molar-refractivity contribution in [2.75, 3.05) is 5.32 Å². The summed E-state index contributed by atoms with van der Waals surface area (Å²) in [5, 5.41) is 12.2. The third-order valence-corrected chi connectivity index (χ3v) is 3.60. The third-order valence-electron chi connectivity index (χ3n) is 3.60. The van der Waals surface area contributed by atoms with Gasteiger partial charge in [-0.05, 0) is 30.9 Å². The Hall–Kier alpha value is -1.56. The number of hydrogen-bond acceptors (Lipinski definition) is 3. The molecule has 90 valence electrons. The molecule has 0 radical (unpaired) electrons. The van der Waals surface area contributed by atoms with E-state index in [1.165, 1.54) is 32.1 Å². The van der Waals surface area contributed by atoms with E-state index in [-0.39, 0.29) is 0 Å². The molecular formula is C14H19N3. The lowest BCUT2D eigenvalue weighted by Crippen LogP contribution is -2.27. The van der Waals surface area contributed by atoms with Crippen LogP contribution in [0.2, 0.25) is 0 Å².